The Balaban J connectivity index is 0.000000218. The molecule has 2 aromatic rings. The van der Waals surface area contributed by atoms with Crippen molar-refractivity contribution in [1.29, 1.82) is 0 Å². The molecule has 19 heavy (non-hydrogen) atoms. The van der Waals surface area contributed by atoms with E-state index in [1.165, 1.54) is 0 Å². The van der Waals surface area contributed by atoms with Crippen LogP contribution in [0.5, 0.6) is 0 Å². The highest BCUT2D eigenvalue weighted by atomic mass is 79.9. The van der Waals surface area contributed by atoms with E-state index >= 15 is 0 Å². The number of benzene rings is 2. The van der Waals surface area contributed by atoms with Crippen LogP contribution in [0.25, 0.3) is 0 Å². The zero-order chi connectivity index (χ0) is 14.1. The van der Waals surface area contributed by atoms with Crippen LogP contribution in [0.4, 0.5) is 4.79 Å². The Morgan fingerprint density at radius 1 is 0.895 bits per heavy atom. The van der Waals surface area contributed by atoms with Crippen molar-refractivity contribution in [3.8, 4) is 0 Å². The summed E-state index contributed by atoms with van der Waals surface area (Å²) in [5.74, 6) is -0.483. The first-order chi connectivity index (χ1) is 9.09. The van der Waals surface area contributed by atoms with E-state index in [0.717, 1.165) is 4.47 Å². The fourth-order valence-corrected chi connectivity index (χ4v) is 1.49. The Morgan fingerprint density at radius 3 is 1.74 bits per heavy atom. The molecule has 0 atom stereocenters. The van der Waals surface area contributed by atoms with E-state index in [4.69, 9.17) is 5.73 Å². The number of amides is 3. The van der Waals surface area contributed by atoms with Gasteiger partial charge >= 0.3 is 6.03 Å². The third kappa shape index (κ3) is 6.38. The van der Waals surface area contributed by atoms with Gasteiger partial charge in [0.15, 0.2) is 0 Å². The molecule has 0 saturated heterocycles. The lowest BCUT2D eigenvalue weighted by molar-refractivity contribution is 0.0966. The van der Waals surface area contributed by atoms with E-state index in [-0.39, 0.29) is 0 Å². The molecule has 0 unspecified atom stereocenters. The number of nitrogens with two attached hydrogens (primary N) is 1. The van der Waals surface area contributed by atoms with E-state index in [9.17, 15) is 9.59 Å². The van der Waals surface area contributed by atoms with Crippen LogP contribution in [0.15, 0.2) is 65.1 Å². The summed E-state index contributed by atoms with van der Waals surface area (Å²) in [6.07, 6.45) is 0. The molecule has 0 spiro atoms. The molecule has 5 heteroatoms. The highest BCUT2D eigenvalue weighted by Crippen LogP contribution is 2.05. The summed E-state index contributed by atoms with van der Waals surface area (Å²) < 4.78 is 1.13. The van der Waals surface area contributed by atoms with Crippen molar-refractivity contribution in [2.75, 3.05) is 0 Å². The van der Waals surface area contributed by atoms with E-state index in [0.29, 0.717) is 5.56 Å². The van der Waals surface area contributed by atoms with E-state index < -0.39 is 11.9 Å². The number of rotatable bonds is 1. The Labute approximate surface area is 119 Å². The third-order valence-electron chi connectivity index (χ3n) is 2.01. The first-order valence-corrected chi connectivity index (χ1v) is 6.25. The quantitative estimate of drug-likeness (QED) is 0.847. The maximum Gasteiger partial charge on any atom is 0.319 e. The Morgan fingerprint density at radius 2 is 1.37 bits per heavy atom. The molecule has 0 fully saturated rings. The van der Waals surface area contributed by atoms with Crippen molar-refractivity contribution in [2.24, 2.45) is 5.73 Å². The van der Waals surface area contributed by atoms with E-state index in [2.05, 4.69) is 15.9 Å². The highest BCUT2D eigenvalue weighted by molar-refractivity contribution is 9.10. The molecule has 0 saturated carbocycles. The lowest BCUT2D eigenvalue weighted by atomic mass is 10.2. The number of nitrogens with one attached hydrogen (secondary N) is 1. The fourth-order valence-electron chi connectivity index (χ4n) is 1.19. The van der Waals surface area contributed by atoms with Gasteiger partial charge in [-0.25, -0.2) is 4.79 Å². The van der Waals surface area contributed by atoms with Crippen molar-refractivity contribution in [3.63, 3.8) is 0 Å². The van der Waals surface area contributed by atoms with Gasteiger partial charge in [0, 0.05) is 10.0 Å². The van der Waals surface area contributed by atoms with Crippen LogP contribution in [0.2, 0.25) is 0 Å². The van der Waals surface area contributed by atoms with Crippen LogP contribution >= 0.6 is 15.9 Å². The van der Waals surface area contributed by atoms with Crippen molar-refractivity contribution in [1.82, 2.24) is 5.32 Å². The van der Waals surface area contributed by atoms with Crippen LogP contribution < -0.4 is 11.1 Å². The van der Waals surface area contributed by atoms with Gasteiger partial charge in [0.2, 0.25) is 0 Å². The fraction of sp³-hybridized carbons (Fsp3) is 0. The minimum atomic E-state index is -0.844. The second kappa shape index (κ2) is 8.05. The zero-order valence-corrected chi connectivity index (χ0v) is 11.6. The second-order valence-corrected chi connectivity index (χ2v) is 4.40. The van der Waals surface area contributed by atoms with Crippen molar-refractivity contribution < 1.29 is 9.59 Å². The van der Waals surface area contributed by atoms with Gasteiger partial charge in [-0.1, -0.05) is 52.3 Å². The average molecular weight is 321 g/mol. The van der Waals surface area contributed by atoms with Gasteiger partial charge < -0.3 is 5.73 Å². The van der Waals surface area contributed by atoms with Crippen LogP contribution in [0.3, 0.4) is 0 Å². The van der Waals surface area contributed by atoms with E-state index in [1.807, 2.05) is 35.6 Å². The molecule has 0 heterocycles. The average Bonchev–Trinajstić information content (AvgIpc) is 2.40. The lowest BCUT2D eigenvalue weighted by Gasteiger charge is -1.98. The van der Waals surface area contributed by atoms with Crippen LogP contribution in [-0.2, 0) is 0 Å². The first-order valence-electron chi connectivity index (χ1n) is 5.46. The summed E-state index contributed by atoms with van der Waals surface area (Å²) in [6, 6.07) is 17.5. The Hall–Kier alpha value is -2.14. The monoisotopic (exact) mass is 320 g/mol. The molecule has 0 aliphatic carbocycles. The van der Waals surface area contributed by atoms with Gasteiger partial charge in [0.25, 0.3) is 5.91 Å². The maximum atomic E-state index is 11.0. The molecule has 0 aliphatic heterocycles. The van der Waals surface area contributed by atoms with Crippen LogP contribution in [0, 0.1) is 0 Å². The molecule has 4 nitrogen and oxygen atoms in total. The maximum absolute atomic E-state index is 11.0. The van der Waals surface area contributed by atoms with Gasteiger partial charge in [-0.05, 0) is 24.3 Å². The number of hydrogen-bond donors (Lipinski definition) is 2. The molecule has 0 aromatic heterocycles. The first kappa shape index (κ1) is 14.9. The van der Waals surface area contributed by atoms with Crippen molar-refractivity contribution in [2.45, 2.75) is 0 Å². The number of halogens is 1. The number of primary amides is 1. The second-order valence-electron chi connectivity index (χ2n) is 3.48. The van der Waals surface area contributed by atoms with Gasteiger partial charge in [-0.2, -0.15) is 0 Å². The van der Waals surface area contributed by atoms with Crippen LogP contribution in [-0.4, -0.2) is 11.9 Å². The molecule has 3 amide bonds. The summed E-state index contributed by atoms with van der Waals surface area (Å²) in [6.45, 7) is 0. The zero-order valence-electron chi connectivity index (χ0n) is 10.0. The summed E-state index contributed by atoms with van der Waals surface area (Å²) in [5.41, 5.74) is 5.17. The van der Waals surface area contributed by atoms with Gasteiger partial charge in [-0.15, -0.1) is 0 Å². The molecular weight excluding hydrogens is 308 g/mol. The van der Waals surface area contributed by atoms with E-state index in [1.54, 1.807) is 30.3 Å². The molecule has 0 aliphatic rings. The normalized spacial score (nSPS) is 8.89. The number of urea groups is 1. The standard InChI is InChI=1S/C8H8N2O2.C6H5Br/c9-8(12)10-7(11)6-4-2-1-3-5-6;7-6-4-2-1-3-5-6/h1-5H,(H3,9,10,11,12);1-5H. The minimum absolute atomic E-state index is 0.413. The van der Waals surface area contributed by atoms with Gasteiger partial charge in [0.1, 0.15) is 0 Å². The molecular formula is C14H13BrN2O2. The Bertz CT molecular complexity index is 530. The number of hydrogen-bond acceptors (Lipinski definition) is 2. The minimum Gasteiger partial charge on any atom is -0.351 e. The smallest absolute Gasteiger partial charge is 0.319 e. The predicted molar refractivity (Wildman–Crippen MR) is 77.6 cm³/mol. The summed E-state index contributed by atoms with van der Waals surface area (Å²) in [5, 5.41) is 1.96. The molecule has 2 rings (SSSR count). The number of carbonyl (C=O) groups excluding carboxylic acids is 2. The predicted octanol–water partition coefficient (Wildman–Crippen LogP) is 2.94. The highest BCUT2D eigenvalue weighted by Gasteiger charge is 2.05. The number of carbonyl (C=O) groups is 2. The summed E-state index contributed by atoms with van der Waals surface area (Å²) in [7, 11) is 0. The third-order valence-corrected chi connectivity index (χ3v) is 2.53. The van der Waals surface area contributed by atoms with Crippen molar-refractivity contribution >= 4 is 27.9 Å². The lowest BCUT2D eigenvalue weighted by Crippen LogP contribution is -2.34. The van der Waals surface area contributed by atoms with Gasteiger partial charge in [0.05, 0.1) is 0 Å². The largest absolute Gasteiger partial charge is 0.351 e. The summed E-state index contributed by atoms with van der Waals surface area (Å²) >= 11 is 3.31. The molecule has 2 aromatic carbocycles. The molecule has 0 radical (unpaired) electrons. The van der Waals surface area contributed by atoms with Gasteiger partial charge in [-0.3, -0.25) is 10.1 Å². The SMILES string of the molecule is Brc1ccccc1.NC(=O)NC(=O)c1ccccc1. The van der Waals surface area contributed by atoms with Crippen LogP contribution in [0.1, 0.15) is 10.4 Å². The topological polar surface area (TPSA) is 72.2 Å². The number of imide groups is 1. The molecule has 98 valence electrons. The summed E-state index contributed by atoms with van der Waals surface area (Å²) in [4.78, 5) is 21.3. The molecule has 0 bridgehead atoms. The Kier molecular flexibility index (Phi) is 6.32. The molecule has 3 N–H and O–H groups in total. The van der Waals surface area contributed by atoms with Crippen molar-refractivity contribution in [3.05, 3.63) is 70.7 Å².